The summed E-state index contributed by atoms with van der Waals surface area (Å²) in [5, 5.41) is 18.6. The summed E-state index contributed by atoms with van der Waals surface area (Å²) in [4.78, 5) is 18.6. The average molecular weight is 270 g/mol. The summed E-state index contributed by atoms with van der Waals surface area (Å²) in [6.07, 6.45) is 8.47. The van der Waals surface area contributed by atoms with Gasteiger partial charge >= 0.3 is 122 Å². The molecule has 0 aromatic heterocycles. The number of carbonyl (C=O) groups excluding carboxylic acids is 2. The normalized spacial score (nSPS) is 12.5. The average Bonchev–Trinajstić information content (AvgIpc) is 2.06. The van der Waals surface area contributed by atoms with Crippen LogP contribution in [0, 0.1) is 6.42 Å². The smallest absolute Gasteiger partial charge is 0.550 e. The molecule has 76 valence electrons. The topological polar surface area (TPSA) is 80.3 Å². The van der Waals surface area contributed by atoms with Crippen molar-refractivity contribution >= 4 is 11.9 Å². The molecule has 1 saturated carbocycles. The van der Waals surface area contributed by atoms with E-state index in [1.165, 1.54) is 32.1 Å². The van der Waals surface area contributed by atoms with E-state index in [4.69, 9.17) is 0 Å². The molecule has 0 N–H and O–H groups in total. The summed E-state index contributed by atoms with van der Waals surface area (Å²) in [6, 6.07) is 0. The zero-order valence-corrected chi connectivity index (χ0v) is 16.7. The van der Waals surface area contributed by atoms with Crippen LogP contribution >= 0.6 is 0 Å². The molecule has 0 bridgehead atoms. The van der Waals surface area contributed by atoms with Gasteiger partial charge in [-0.1, -0.05) is 19.3 Å². The molecule has 0 heterocycles. The molecule has 0 aromatic rings. The van der Waals surface area contributed by atoms with Crippen LogP contribution < -0.4 is 132 Å². The van der Waals surface area contributed by atoms with Gasteiger partial charge in [-0.3, -0.25) is 0 Å². The molecule has 0 unspecified atom stereocenters. The molecule has 0 aliphatic heterocycles. The van der Waals surface area contributed by atoms with Crippen LogP contribution in [0.3, 0.4) is 0 Å². The van der Waals surface area contributed by atoms with Gasteiger partial charge in [0.1, 0.15) is 0 Å². The van der Waals surface area contributed by atoms with E-state index in [1.807, 2.05) is 0 Å². The summed E-state index contributed by atoms with van der Waals surface area (Å²) in [6.45, 7) is 0. The second kappa shape index (κ2) is 20.1. The van der Waals surface area contributed by atoms with Gasteiger partial charge in [0.15, 0.2) is 0 Å². The molecule has 16 heavy (non-hydrogen) atoms. The fraction of sp³-hybridized carbons (Fsp3) is 0.667. The molecule has 0 saturated heterocycles. The van der Waals surface area contributed by atoms with Gasteiger partial charge in [-0.05, 0) is 0 Å². The van der Waals surface area contributed by atoms with Crippen LogP contribution in [0.4, 0.5) is 0 Å². The van der Waals surface area contributed by atoms with E-state index in [2.05, 4.69) is 6.42 Å². The minimum atomic E-state index is -1.63. The molecule has 4 nitrogen and oxygen atoms in total. The Balaban J connectivity index is -0.0000000760. The third-order valence-electron chi connectivity index (χ3n) is 1.61. The second-order valence-electron chi connectivity index (χ2n) is 2.85. The van der Waals surface area contributed by atoms with Crippen LogP contribution in [0.25, 0.3) is 0 Å². The van der Waals surface area contributed by atoms with E-state index in [1.54, 1.807) is 0 Å². The SMILES string of the molecule is O=C([O-])CC(=O)[O-].[CH-]1CCCCC1.[K+].[K+].[Li+]. The molecule has 0 atom stereocenters. The summed E-state index contributed by atoms with van der Waals surface area (Å²) in [5.74, 6) is -3.25. The van der Waals surface area contributed by atoms with E-state index >= 15 is 0 Å². The van der Waals surface area contributed by atoms with Crippen LogP contribution in [-0.4, -0.2) is 11.9 Å². The van der Waals surface area contributed by atoms with Gasteiger partial charge < -0.3 is 26.2 Å². The molecule has 1 fully saturated rings. The van der Waals surface area contributed by atoms with Gasteiger partial charge in [0.25, 0.3) is 0 Å². The van der Waals surface area contributed by atoms with E-state index < -0.39 is 18.4 Å². The fourth-order valence-electron chi connectivity index (χ4n) is 1.02. The molecule has 7 heteroatoms. The number of carboxylic acid groups (broad SMARTS) is 2. The first-order valence-corrected chi connectivity index (χ1v) is 4.34. The molecule has 1 rings (SSSR count). The van der Waals surface area contributed by atoms with Crippen LogP contribution in [0.2, 0.25) is 0 Å². The summed E-state index contributed by atoms with van der Waals surface area (Å²) < 4.78 is 0. The van der Waals surface area contributed by atoms with Crippen molar-refractivity contribution in [3.63, 3.8) is 0 Å². The third-order valence-corrected chi connectivity index (χ3v) is 1.61. The van der Waals surface area contributed by atoms with Gasteiger partial charge in [-0.25, -0.2) is 0 Å². The van der Waals surface area contributed by atoms with Gasteiger partial charge in [-0.15, -0.1) is 0 Å². The minimum Gasteiger partial charge on any atom is -0.550 e. The van der Waals surface area contributed by atoms with E-state index in [-0.39, 0.29) is 122 Å². The summed E-state index contributed by atoms with van der Waals surface area (Å²) in [7, 11) is 0. The number of hydrogen-bond acceptors (Lipinski definition) is 4. The molecule has 0 amide bonds. The van der Waals surface area contributed by atoms with Crippen molar-refractivity contribution in [3.05, 3.63) is 6.42 Å². The standard InChI is InChI=1S/C6H11.C3H4O4.2K.Li/c1-2-4-6-5-3-1;4-2(5)1-3(6)7;;;/h1H,2-6H2;1H2,(H,4,5)(H,6,7);;;/q-1;;3*+1/p-2. The van der Waals surface area contributed by atoms with Crippen LogP contribution in [0.5, 0.6) is 0 Å². The Kier molecular flexibility index (Phi) is 34.2. The molecule has 1 aliphatic carbocycles. The maximum Gasteiger partial charge on any atom is 1.00 e. The minimum absolute atomic E-state index is 0. The Morgan fingerprint density at radius 1 is 0.938 bits per heavy atom. The molecule has 0 radical (unpaired) electrons. The second-order valence-corrected chi connectivity index (χ2v) is 2.85. The van der Waals surface area contributed by atoms with Crippen molar-refractivity contribution in [2.75, 3.05) is 0 Å². The predicted octanol–water partition coefficient (Wildman–Crippen LogP) is -9.96. The van der Waals surface area contributed by atoms with Crippen LogP contribution in [-0.2, 0) is 9.59 Å². The van der Waals surface area contributed by atoms with E-state index in [0.29, 0.717) is 0 Å². The Labute approximate surface area is 194 Å². The molecular formula is C9H13K2LiO4. The Morgan fingerprint density at radius 2 is 1.31 bits per heavy atom. The van der Waals surface area contributed by atoms with Crippen molar-refractivity contribution in [1.29, 1.82) is 0 Å². The molecular weight excluding hydrogens is 257 g/mol. The van der Waals surface area contributed by atoms with Crippen molar-refractivity contribution in [2.24, 2.45) is 0 Å². The molecule has 1 aliphatic rings. The first kappa shape index (κ1) is 27.2. The number of hydrogen-bond donors (Lipinski definition) is 0. The fourth-order valence-corrected chi connectivity index (χ4v) is 1.02. The van der Waals surface area contributed by atoms with E-state index in [0.717, 1.165) is 0 Å². The molecule has 0 spiro atoms. The Hall–Kier alpha value is 2.81. The zero-order chi connectivity index (χ0) is 10.1. The van der Waals surface area contributed by atoms with Crippen molar-refractivity contribution in [3.8, 4) is 0 Å². The van der Waals surface area contributed by atoms with Crippen molar-refractivity contribution < 1.29 is 141 Å². The van der Waals surface area contributed by atoms with Crippen molar-refractivity contribution in [2.45, 2.75) is 38.5 Å². The largest absolute Gasteiger partial charge is 1.00 e. The molecule has 0 aromatic carbocycles. The van der Waals surface area contributed by atoms with Gasteiger partial charge in [0.2, 0.25) is 0 Å². The Bertz CT molecular complexity index is 151. The monoisotopic (exact) mass is 270 g/mol. The maximum absolute atomic E-state index is 9.28. The Morgan fingerprint density at radius 3 is 1.38 bits per heavy atom. The van der Waals surface area contributed by atoms with Crippen molar-refractivity contribution in [1.82, 2.24) is 0 Å². The summed E-state index contributed by atoms with van der Waals surface area (Å²) >= 11 is 0. The first-order chi connectivity index (χ1) is 6.13. The summed E-state index contributed by atoms with van der Waals surface area (Å²) in [5.41, 5.74) is 0. The van der Waals surface area contributed by atoms with Crippen LogP contribution in [0.15, 0.2) is 0 Å². The first-order valence-electron chi connectivity index (χ1n) is 4.34. The predicted molar refractivity (Wildman–Crippen MR) is 42.0 cm³/mol. The van der Waals surface area contributed by atoms with Gasteiger partial charge in [0, 0.05) is 18.4 Å². The van der Waals surface area contributed by atoms with Gasteiger partial charge in [-0.2, -0.15) is 12.8 Å². The maximum atomic E-state index is 9.28. The van der Waals surface area contributed by atoms with Gasteiger partial charge in [0.05, 0.1) is 0 Å². The van der Waals surface area contributed by atoms with E-state index in [9.17, 15) is 19.8 Å². The quantitative estimate of drug-likeness (QED) is 0.283. The number of rotatable bonds is 2. The zero-order valence-electron chi connectivity index (χ0n) is 10.5. The number of carboxylic acids is 2. The number of carbonyl (C=O) groups is 2. The number of aliphatic carboxylic acids is 2. The third kappa shape index (κ3) is 25.6. The van der Waals surface area contributed by atoms with Crippen LogP contribution in [0.1, 0.15) is 38.5 Å².